The van der Waals surface area contributed by atoms with Crippen LogP contribution in [-0.4, -0.2) is 43.1 Å². The van der Waals surface area contributed by atoms with Crippen molar-refractivity contribution >= 4 is 16.8 Å². The molecule has 146 valence electrons. The van der Waals surface area contributed by atoms with Gasteiger partial charge in [-0.25, -0.2) is 0 Å². The molecule has 2 heterocycles. The van der Waals surface area contributed by atoms with Gasteiger partial charge in [-0.15, -0.1) is 0 Å². The number of aromatic amines is 1. The number of methoxy groups -OCH3 is 2. The number of fused-ring (bicyclic) bond motifs is 1. The van der Waals surface area contributed by atoms with Gasteiger partial charge in [0.1, 0.15) is 0 Å². The van der Waals surface area contributed by atoms with E-state index in [1.54, 1.807) is 14.2 Å². The van der Waals surface area contributed by atoms with E-state index in [9.17, 15) is 4.79 Å². The van der Waals surface area contributed by atoms with E-state index < -0.39 is 0 Å². The van der Waals surface area contributed by atoms with Crippen LogP contribution in [-0.2, 0) is 11.2 Å². The van der Waals surface area contributed by atoms with E-state index in [1.165, 1.54) is 10.9 Å². The summed E-state index contributed by atoms with van der Waals surface area (Å²) in [7, 11) is 3.25. The van der Waals surface area contributed by atoms with Gasteiger partial charge >= 0.3 is 0 Å². The Morgan fingerprint density at radius 1 is 1.14 bits per heavy atom. The van der Waals surface area contributed by atoms with Gasteiger partial charge in [0.25, 0.3) is 0 Å². The number of nitrogens with zero attached hydrogens (tertiary/aromatic N) is 1. The fraction of sp³-hybridized carbons (Fsp3) is 0.348. The van der Waals surface area contributed by atoms with Crippen LogP contribution in [0.15, 0.2) is 48.7 Å². The lowest BCUT2D eigenvalue weighted by atomic mass is 9.98. The molecule has 0 spiro atoms. The fourth-order valence-corrected chi connectivity index (χ4v) is 4.12. The number of rotatable bonds is 6. The molecule has 5 heteroatoms. The molecule has 1 amide bonds. The van der Waals surface area contributed by atoms with Gasteiger partial charge < -0.3 is 19.4 Å². The van der Waals surface area contributed by atoms with E-state index >= 15 is 0 Å². The Morgan fingerprint density at radius 2 is 1.96 bits per heavy atom. The summed E-state index contributed by atoms with van der Waals surface area (Å²) in [6.45, 7) is 1.63. The SMILES string of the molecule is COc1ccc(CCC(=O)N2CCC(c3c[nH]c4ccccc34)C2)cc1OC. The maximum absolute atomic E-state index is 12.7. The number of hydrogen-bond donors (Lipinski definition) is 1. The lowest BCUT2D eigenvalue weighted by Gasteiger charge is -2.17. The zero-order valence-electron chi connectivity index (χ0n) is 16.4. The monoisotopic (exact) mass is 378 g/mol. The van der Waals surface area contributed by atoms with Gasteiger partial charge in [-0.2, -0.15) is 0 Å². The van der Waals surface area contributed by atoms with Gasteiger partial charge in [0.15, 0.2) is 11.5 Å². The van der Waals surface area contributed by atoms with Crippen LogP contribution in [0.2, 0.25) is 0 Å². The first kappa shape index (κ1) is 18.4. The molecule has 0 saturated carbocycles. The second-order valence-corrected chi connectivity index (χ2v) is 7.30. The number of carbonyl (C=O) groups is 1. The van der Waals surface area contributed by atoms with Gasteiger partial charge in [-0.1, -0.05) is 24.3 Å². The summed E-state index contributed by atoms with van der Waals surface area (Å²) in [5, 5.41) is 1.27. The number of ether oxygens (including phenoxy) is 2. The van der Waals surface area contributed by atoms with Crippen LogP contribution < -0.4 is 9.47 Å². The summed E-state index contributed by atoms with van der Waals surface area (Å²) in [6, 6.07) is 14.2. The second kappa shape index (κ2) is 7.97. The molecular formula is C23H26N2O3. The smallest absolute Gasteiger partial charge is 0.222 e. The summed E-state index contributed by atoms with van der Waals surface area (Å²) >= 11 is 0. The van der Waals surface area contributed by atoms with Crippen molar-refractivity contribution in [1.29, 1.82) is 0 Å². The lowest BCUT2D eigenvalue weighted by molar-refractivity contribution is -0.130. The van der Waals surface area contributed by atoms with Gasteiger partial charge in [0.05, 0.1) is 14.2 Å². The molecule has 1 atom stereocenters. The quantitative estimate of drug-likeness (QED) is 0.702. The minimum Gasteiger partial charge on any atom is -0.493 e. The zero-order valence-corrected chi connectivity index (χ0v) is 16.4. The summed E-state index contributed by atoms with van der Waals surface area (Å²) in [4.78, 5) is 18.1. The number of amides is 1. The zero-order chi connectivity index (χ0) is 19.5. The average Bonchev–Trinajstić information content (AvgIpc) is 3.38. The molecule has 1 aromatic heterocycles. The normalized spacial score (nSPS) is 16.5. The van der Waals surface area contributed by atoms with Crippen molar-refractivity contribution in [3.8, 4) is 11.5 Å². The summed E-state index contributed by atoms with van der Waals surface area (Å²) < 4.78 is 10.6. The molecule has 1 fully saturated rings. The third-order valence-corrected chi connectivity index (χ3v) is 5.68. The molecule has 1 unspecified atom stereocenters. The topological polar surface area (TPSA) is 54.6 Å². The maximum Gasteiger partial charge on any atom is 0.222 e. The Labute approximate surface area is 165 Å². The Hall–Kier alpha value is -2.95. The van der Waals surface area contributed by atoms with Crippen LogP contribution in [0.5, 0.6) is 11.5 Å². The van der Waals surface area contributed by atoms with Crippen molar-refractivity contribution in [3.05, 3.63) is 59.8 Å². The van der Waals surface area contributed by atoms with Gasteiger partial charge in [-0.3, -0.25) is 4.79 Å². The lowest BCUT2D eigenvalue weighted by Crippen LogP contribution is -2.28. The largest absolute Gasteiger partial charge is 0.493 e. The molecule has 5 nitrogen and oxygen atoms in total. The minimum absolute atomic E-state index is 0.220. The number of aryl methyl sites for hydroxylation is 1. The number of H-pyrrole nitrogens is 1. The number of carbonyl (C=O) groups excluding carboxylic acids is 1. The second-order valence-electron chi connectivity index (χ2n) is 7.30. The molecule has 1 saturated heterocycles. The van der Waals surface area contributed by atoms with Crippen molar-refractivity contribution in [3.63, 3.8) is 0 Å². The third-order valence-electron chi connectivity index (χ3n) is 5.68. The van der Waals surface area contributed by atoms with Crippen LogP contribution >= 0.6 is 0 Å². The first-order chi connectivity index (χ1) is 13.7. The van der Waals surface area contributed by atoms with Gasteiger partial charge in [0, 0.05) is 42.5 Å². The molecule has 3 aromatic rings. The molecule has 1 N–H and O–H groups in total. The highest BCUT2D eigenvalue weighted by Gasteiger charge is 2.28. The van der Waals surface area contributed by atoms with Crippen molar-refractivity contribution < 1.29 is 14.3 Å². The van der Waals surface area contributed by atoms with Crippen molar-refractivity contribution in [2.45, 2.75) is 25.2 Å². The molecule has 0 aliphatic carbocycles. The molecule has 1 aliphatic heterocycles. The average molecular weight is 378 g/mol. The minimum atomic E-state index is 0.220. The number of likely N-dealkylation sites (tertiary alicyclic amines) is 1. The Kier molecular flexibility index (Phi) is 5.24. The third kappa shape index (κ3) is 3.57. The summed E-state index contributed by atoms with van der Waals surface area (Å²) in [5.74, 6) is 2.03. The number of para-hydroxylation sites is 1. The first-order valence-electron chi connectivity index (χ1n) is 9.74. The molecular weight excluding hydrogens is 352 g/mol. The van der Waals surface area contributed by atoms with Crippen LogP contribution in [0, 0.1) is 0 Å². The first-order valence-corrected chi connectivity index (χ1v) is 9.74. The summed E-state index contributed by atoms with van der Waals surface area (Å²) in [6.07, 6.45) is 4.33. The molecule has 2 aromatic carbocycles. The van der Waals surface area contributed by atoms with Gasteiger partial charge in [0.2, 0.25) is 5.91 Å². The molecule has 28 heavy (non-hydrogen) atoms. The summed E-state index contributed by atoms with van der Waals surface area (Å²) in [5.41, 5.74) is 3.57. The van der Waals surface area contributed by atoms with Crippen molar-refractivity contribution in [1.82, 2.24) is 9.88 Å². The Balaban J connectivity index is 1.37. The van der Waals surface area contributed by atoms with E-state index in [4.69, 9.17) is 9.47 Å². The predicted molar refractivity (Wildman–Crippen MR) is 110 cm³/mol. The Morgan fingerprint density at radius 3 is 2.79 bits per heavy atom. The number of aromatic nitrogens is 1. The standard InChI is InChI=1S/C23H26N2O3/c1-27-21-9-7-16(13-22(21)28-2)8-10-23(26)25-12-11-17(15-25)19-14-24-20-6-4-3-5-18(19)20/h3-7,9,13-14,17,24H,8,10-12,15H2,1-2H3. The van der Waals surface area contributed by atoms with Crippen molar-refractivity contribution in [2.24, 2.45) is 0 Å². The predicted octanol–water partition coefficient (Wildman–Crippen LogP) is 4.13. The van der Waals surface area contributed by atoms with E-state index in [-0.39, 0.29) is 5.91 Å². The molecule has 4 rings (SSSR count). The number of hydrogen-bond acceptors (Lipinski definition) is 3. The van der Waals surface area contributed by atoms with Crippen molar-refractivity contribution in [2.75, 3.05) is 27.3 Å². The maximum atomic E-state index is 12.7. The van der Waals surface area contributed by atoms with E-state index in [0.29, 0.717) is 30.3 Å². The Bertz CT molecular complexity index is 979. The highest BCUT2D eigenvalue weighted by Crippen LogP contribution is 2.33. The molecule has 0 radical (unpaired) electrons. The highest BCUT2D eigenvalue weighted by atomic mass is 16.5. The van der Waals surface area contributed by atoms with Crippen LogP contribution in [0.4, 0.5) is 0 Å². The molecule has 1 aliphatic rings. The van der Waals surface area contributed by atoms with Crippen LogP contribution in [0.3, 0.4) is 0 Å². The van der Waals surface area contributed by atoms with Gasteiger partial charge in [-0.05, 0) is 42.2 Å². The van der Waals surface area contributed by atoms with Crippen LogP contribution in [0.1, 0.15) is 29.9 Å². The fourth-order valence-electron chi connectivity index (χ4n) is 4.12. The van der Waals surface area contributed by atoms with E-state index in [0.717, 1.165) is 30.6 Å². The van der Waals surface area contributed by atoms with Crippen LogP contribution in [0.25, 0.3) is 10.9 Å². The molecule has 0 bridgehead atoms. The number of nitrogens with one attached hydrogen (secondary N) is 1. The highest BCUT2D eigenvalue weighted by molar-refractivity contribution is 5.84. The van der Waals surface area contributed by atoms with E-state index in [1.807, 2.05) is 29.2 Å². The van der Waals surface area contributed by atoms with E-state index in [2.05, 4.69) is 29.4 Å². The number of benzene rings is 2.